The molecule has 0 atom stereocenters. The highest BCUT2D eigenvalue weighted by molar-refractivity contribution is 7.85. The molecule has 3 heterocycles. The van der Waals surface area contributed by atoms with Crippen molar-refractivity contribution < 1.29 is 4.21 Å². The Balaban J connectivity index is 2.09. The van der Waals surface area contributed by atoms with Crippen molar-refractivity contribution in [2.45, 2.75) is 44.5 Å². The number of alkyl halides is 1. The number of nitrogens with zero attached hydrogens (tertiary/aromatic N) is 4. The molecule has 0 aliphatic carbocycles. The van der Waals surface area contributed by atoms with Crippen LogP contribution in [-0.2, 0) is 30.1 Å². The summed E-state index contributed by atoms with van der Waals surface area (Å²) in [5.74, 6) is 2.85. The molecule has 0 N–H and O–H groups in total. The first-order chi connectivity index (χ1) is 10.2. The van der Waals surface area contributed by atoms with Crippen LogP contribution >= 0.6 is 11.6 Å². The second-order valence-corrected chi connectivity index (χ2v) is 7.57. The lowest BCUT2D eigenvalue weighted by atomic mass is 10.1. The molecule has 0 unspecified atom stereocenters. The molecular formula is C14H21ClN4OS. The second-order valence-electron chi connectivity index (χ2n) is 5.60. The molecule has 0 aromatic carbocycles. The largest absolute Gasteiger partial charge is 0.309 e. The minimum atomic E-state index is -0.657. The number of hydrogen-bond donors (Lipinski definition) is 0. The highest BCUT2D eigenvalue weighted by Gasteiger charge is 2.26. The monoisotopic (exact) mass is 328 g/mol. The van der Waals surface area contributed by atoms with Gasteiger partial charge in [0.2, 0.25) is 0 Å². The number of halogens is 1. The van der Waals surface area contributed by atoms with Gasteiger partial charge in [-0.3, -0.25) is 8.89 Å². The summed E-state index contributed by atoms with van der Waals surface area (Å²) in [5, 5.41) is 4.62. The molecule has 0 saturated carbocycles. The van der Waals surface area contributed by atoms with E-state index in [2.05, 4.69) is 16.6 Å². The van der Waals surface area contributed by atoms with Gasteiger partial charge < -0.3 is 4.57 Å². The van der Waals surface area contributed by atoms with E-state index in [0.29, 0.717) is 11.9 Å². The van der Waals surface area contributed by atoms with E-state index in [9.17, 15) is 4.21 Å². The second kappa shape index (κ2) is 6.08. The molecule has 1 aliphatic heterocycles. The molecule has 0 spiro atoms. The van der Waals surface area contributed by atoms with E-state index in [1.807, 2.05) is 11.7 Å². The van der Waals surface area contributed by atoms with E-state index < -0.39 is 10.8 Å². The molecule has 0 amide bonds. The molecule has 1 aliphatic rings. The van der Waals surface area contributed by atoms with Crippen LogP contribution in [0.3, 0.4) is 0 Å². The predicted molar refractivity (Wildman–Crippen MR) is 86.2 cm³/mol. The average molecular weight is 329 g/mol. The Bertz CT molecular complexity index is 668. The zero-order chi connectivity index (χ0) is 15.0. The van der Waals surface area contributed by atoms with Crippen molar-refractivity contribution in [3.05, 3.63) is 11.5 Å². The van der Waals surface area contributed by atoms with Crippen LogP contribution in [0.25, 0.3) is 11.2 Å². The van der Waals surface area contributed by atoms with Crippen molar-refractivity contribution in [2.75, 3.05) is 11.5 Å². The Labute approximate surface area is 132 Å². The van der Waals surface area contributed by atoms with Gasteiger partial charge in [0.15, 0.2) is 5.65 Å². The third-order valence-electron chi connectivity index (χ3n) is 4.14. The zero-order valence-corrected chi connectivity index (χ0v) is 14.1. The van der Waals surface area contributed by atoms with Crippen LogP contribution in [0.2, 0.25) is 0 Å². The highest BCUT2D eigenvalue weighted by atomic mass is 35.5. The van der Waals surface area contributed by atoms with E-state index in [4.69, 9.17) is 16.6 Å². The number of rotatable bonds is 4. The maximum atomic E-state index is 11.6. The lowest BCUT2D eigenvalue weighted by molar-refractivity contribution is 0.455. The Morgan fingerprint density at radius 1 is 1.38 bits per heavy atom. The molecule has 1 saturated heterocycles. The van der Waals surface area contributed by atoms with E-state index >= 15 is 0 Å². The summed E-state index contributed by atoms with van der Waals surface area (Å²) in [6.07, 6.45) is 3.84. The van der Waals surface area contributed by atoms with Gasteiger partial charge in [0, 0.05) is 35.4 Å². The van der Waals surface area contributed by atoms with Gasteiger partial charge in [0.1, 0.15) is 11.3 Å². The predicted octanol–water partition coefficient (Wildman–Crippen LogP) is 2.54. The molecule has 0 radical (unpaired) electrons. The summed E-state index contributed by atoms with van der Waals surface area (Å²) < 4.78 is 15.8. The third kappa shape index (κ3) is 2.63. The SMILES string of the molecule is CCCc1nn(C)c2c1nc(CCl)n2C1CCS(=O)CC1. The summed E-state index contributed by atoms with van der Waals surface area (Å²) in [4.78, 5) is 4.74. The van der Waals surface area contributed by atoms with Gasteiger partial charge in [-0.25, -0.2) is 4.98 Å². The lowest BCUT2D eigenvalue weighted by Gasteiger charge is -2.24. The van der Waals surface area contributed by atoms with Gasteiger partial charge in [-0.2, -0.15) is 5.10 Å². The van der Waals surface area contributed by atoms with Crippen LogP contribution in [-0.4, -0.2) is 35.0 Å². The van der Waals surface area contributed by atoms with Crippen molar-refractivity contribution in [2.24, 2.45) is 7.05 Å². The van der Waals surface area contributed by atoms with Gasteiger partial charge in [-0.1, -0.05) is 13.3 Å². The summed E-state index contributed by atoms with van der Waals surface area (Å²) in [6.45, 7) is 2.15. The van der Waals surface area contributed by atoms with E-state index in [1.54, 1.807) is 0 Å². The number of aromatic nitrogens is 4. The van der Waals surface area contributed by atoms with Gasteiger partial charge in [0.05, 0.1) is 11.6 Å². The van der Waals surface area contributed by atoms with Crippen molar-refractivity contribution in [3.8, 4) is 0 Å². The number of imidazole rings is 1. The van der Waals surface area contributed by atoms with E-state index in [1.165, 1.54) is 0 Å². The average Bonchev–Trinajstić information content (AvgIpc) is 2.99. The molecular weight excluding hydrogens is 308 g/mol. The first-order valence-corrected chi connectivity index (χ1v) is 9.51. The number of hydrogen-bond acceptors (Lipinski definition) is 3. The van der Waals surface area contributed by atoms with Gasteiger partial charge in [-0.05, 0) is 19.3 Å². The van der Waals surface area contributed by atoms with Crippen LogP contribution in [0.4, 0.5) is 0 Å². The topological polar surface area (TPSA) is 52.7 Å². The smallest absolute Gasteiger partial charge is 0.158 e. The van der Waals surface area contributed by atoms with Crippen molar-refractivity contribution in [1.82, 2.24) is 19.3 Å². The fraction of sp³-hybridized carbons (Fsp3) is 0.714. The Morgan fingerprint density at radius 3 is 2.71 bits per heavy atom. The molecule has 116 valence electrons. The Morgan fingerprint density at radius 2 is 2.10 bits per heavy atom. The Hall–Kier alpha value is -0.880. The van der Waals surface area contributed by atoms with E-state index in [-0.39, 0.29) is 0 Å². The van der Waals surface area contributed by atoms with Crippen LogP contribution in [0.15, 0.2) is 0 Å². The van der Waals surface area contributed by atoms with Crippen LogP contribution in [0, 0.1) is 0 Å². The summed E-state index contributed by atoms with van der Waals surface area (Å²) in [5.41, 5.74) is 3.10. The van der Waals surface area contributed by atoms with Crippen molar-refractivity contribution >= 4 is 33.6 Å². The summed E-state index contributed by atoms with van der Waals surface area (Å²) in [6, 6.07) is 0.339. The minimum absolute atomic E-state index is 0.339. The fourth-order valence-corrected chi connectivity index (χ4v) is 4.63. The molecule has 3 rings (SSSR count). The molecule has 7 heteroatoms. The first kappa shape index (κ1) is 15.0. The first-order valence-electron chi connectivity index (χ1n) is 7.49. The maximum Gasteiger partial charge on any atom is 0.158 e. The molecule has 2 aromatic rings. The van der Waals surface area contributed by atoms with Gasteiger partial charge >= 0.3 is 0 Å². The molecule has 0 bridgehead atoms. The van der Waals surface area contributed by atoms with Crippen molar-refractivity contribution in [3.63, 3.8) is 0 Å². The minimum Gasteiger partial charge on any atom is -0.309 e. The van der Waals surface area contributed by atoms with E-state index in [0.717, 1.165) is 59.9 Å². The number of fused-ring (bicyclic) bond motifs is 1. The quantitative estimate of drug-likeness (QED) is 0.810. The van der Waals surface area contributed by atoms with Crippen LogP contribution < -0.4 is 0 Å². The maximum absolute atomic E-state index is 11.6. The number of aryl methyl sites for hydroxylation is 2. The molecule has 5 nitrogen and oxygen atoms in total. The lowest BCUT2D eigenvalue weighted by Crippen LogP contribution is -2.23. The summed E-state index contributed by atoms with van der Waals surface area (Å²) in [7, 11) is 1.31. The Kier molecular flexibility index (Phi) is 4.36. The van der Waals surface area contributed by atoms with Gasteiger partial charge in [0.25, 0.3) is 0 Å². The molecule has 21 heavy (non-hydrogen) atoms. The molecule has 2 aromatic heterocycles. The standard InChI is InChI=1S/C14H21ClN4OS/c1-3-4-11-13-14(18(2)17-11)19(12(9-15)16-13)10-5-7-21(20)8-6-10/h10H,3-9H2,1-2H3. The zero-order valence-electron chi connectivity index (χ0n) is 12.5. The third-order valence-corrected chi connectivity index (χ3v) is 5.76. The highest BCUT2D eigenvalue weighted by Crippen LogP contribution is 2.30. The van der Waals surface area contributed by atoms with Crippen LogP contribution in [0.5, 0.6) is 0 Å². The van der Waals surface area contributed by atoms with Crippen molar-refractivity contribution in [1.29, 1.82) is 0 Å². The van der Waals surface area contributed by atoms with Gasteiger partial charge in [-0.15, -0.1) is 11.6 Å². The fourth-order valence-electron chi connectivity index (χ4n) is 3.17. The molecule has 1 fully saturated rings. The normalized spacial score (nSPS) is 23.0. The van der Waals surface area contributed by atoms with Crippen LogP contribution in [0.1, 0.15) is 43.7 Å². The summed E-state index contributed by atoms with van der Waals surface area (Å²) >= 11 is 6.12.